The topological polar surface area (TPSA) is 66.4 Å². The molecular weight excluding hydrogens is 290 g/mol. The molecule has 0 unspecified atom stereocenters. The van der Waals surface area contributed by atoms with Gasteiger partial charge in [0.1, 0.15) is 0 Å². The van der Waals surface area contributed by atoms with Crippen molar-refractivity contribution in [3.8, 4) is 0 Å². The van der Waals surface area contributed by atoms with Crippen molar-refractivity contribution in [2.75, 3.05) is 0 Å². The number of rotatable bonds is 4. The first-order chi connectivity index (χ1) is 9.93. The summed E-state index contributed by atoms with van der Waals surface area (Å²) in [4.78, 5) is 22.4. The van der Waals surface area contributed by atoms with Crippen LogP contribution in [0.25, 0.3) is 0 Å². The fourth-order valence-electron chi connectivity index (χ4n) is 3.19. The van der Waals surface area contributed by atoms with Crippen LogP contribution in [0.2, 0.25) is 5.02 Å². The lowest BCUT2D eigenvalue weighted by molar-refractivity contribution is -0.136. The minimum atomic E-state index is -0.881. The van der Waals surface area contributed by atoms with E-state index in [0.717, 1.165) is 37.7 Å². The van der Waals surface area contributed by atoms with Gasteiger partial charge in [0, 0.05) is 11.9 Å². The Morgan fingerprint density at radius 3 is 2.48 bits per heavy atom. The van der Waals surface area contributed by atoms with Gasteiger partial charge in [-0.15, -0.1) is 0 Å². The van der Waals surface area contributed by atoms with Crippen LogP contribution in [-0.4, -0.2) is 17.0 Å². The third-order valence-corrected chi connectivity index (χ3v) is 4.34. The van der Waals surface area contributed by atoms with Gasteiger partial charge in [-0.3, -0.25) is 9.59 Å². The van der Waals surface area contributed by atoms with Crippen molar-refractivity contribution in [2.45, 2.75) is 51.0 Å². The van der Waals surface area contributed by atoms with Crippen LogP contribution in [0, 0.1) is 0 Å². The smallest absolute Gasteiger partial charge is 0.307 e. The molecule has 114 valence electrons. The maximum absolute atomic E-state index is 11.6. The summed E-state index contributed by atoms with van der Waals surface area (Å²) in [5, 5.41) is 12.5. The minimum absolute atomic E-state index is 0.0485. The second-order valence-corrected chi connectivity index (χ2v) is 6.12. The number of hydrogen-bond donors (Lipinski definition) is 2. The molecule has 0 radical (unpaired) electrons. The molecule has 1 aliphatic rings. The first kappa shape index (κ1) is 15.8. The number of nitrogens with one attached hydrogen (secondary N) is 1. The van der Waals surface area contributed by atoms with Crippen LogP contribution in [-0.2, 0) is 21.5 Å². The Morgan fingerprint density at radius 1 is 1.29 bits per heavy atom. The second-order valence-electron chi connectivity index (χ2n) is 5.71. The van der Waals surface area contributed by atoms with Gasteiger partial charge in [0.15, 0.2) is 0 Å². The lowest BCUT2D eigenvalue weighted by Crippen LogP contribution is -2.46. The van der Waals surface area contributed by atoms with Crippen molar-refractivity contribution >= 4 is 23.5 Å². The molecule has 2 rings (SSSR count). The Bertz CT molecular complexity index is 550. The quantitative estimate of drug-likeness (QED) is 0.897. The van der Waals surface area contributed by atoms with E-state index in [1.165, 1.54) is 6.92 Å². The van der Waals surface area contributed by atoms with Crippen molar-refractivity contribution in [3.63, 3.8) is 0 Å². The Labute approximate surface area is 129 Å². The summed E-state index contributed by atoms with van der Waals surface area (Å²) >= 11 is 6.37. The lowest BCUT2D eigenvalue weighted by atomic mass is 9.76. The molecule has 1 aliphatic carbocycles. The van der Waals surface area contributed by atoms with Crippen molar-refractivity contribution in [3.05, 3.63) is 34.3 Å². The largest absolute Gasteiger partial charge is 0.481 e. The summed E-state index contributed by atoms with van der Waals surface area (Å²) in [6.45, 7) is 1.52. The van der Waals surface area contributed by atoms with Crippen LogP contribution < -0.4 is 5.32 Å². The first-order valence-electron chi connectivity index (χ1n) is 7.22. The highest BCUT2D eigenvalue weighted by molar-refractivity contribution is 6.31. The van der Waals surface area contributed by atoms with Crippen LogP contribution in [0.1, 0.15) is 50.2 Å². The molecule has 0 heterocycles. The fraction of sp³-hybridized carbons (Fsp3) is 0.500. The van der Waals surface area contributed by atoms with Crippen LogP contribution >= 0.6 is 11.6 Å². The Morgan fingerprint density at radius 2 is 1.95 bits per heavy atom. The molecule has 0 spiro atoms. The molecule has 0 aromatic heterocycles. The lowest BCUT2D eigenvalue weighted by Gasteiger charge is -2.39. The molecule has 1 aromatic rings. The Balaban J connectivity index is 2.35. The number of hydrogen-bond acceptors (Lipinski definition) is 2. The molecule has 4 nitrogen and oxygen atoms in total. The Hall–Kier alpha value is -1.55. The molecule has 0 aliphatic heterocycles. The number of halogens is 1. The second kappa shape index (κ2) is 6.48. The maximum atomic E-state index is 11.6. The predicted octanol–water partition coefficient (Wildman–Crippen LogP) is 3.26. The molecule has 21 heavy (non-hydrogen) atoms. The molecule has 5 heteroatoms. The van der Waals surface area contributed by atoms with E-state index in [9.17, 15) is 9.59 Å². The average molecular weight is 310 g/mol. The summed E-state index contributed by atoms with van der Waals surface area (Å²) in [5.41, 5.74) is 1.15. The van der Waals surface area contributed by atoms with Gasteiger partial charge in [-0.2, -0.15) is 0 Å². The molecule has 0 saturated heterocycles. The van der Waals surface area contributed by atoms with E-state index in [1.807, 2.05) is 6.07 Å². The zero-order valence-corrected chi connectivity index (χ0v) is 12.9. The maximum Gasteiger partial charge on any atom is 0.307 e. The third-order valence-electron chi connectivity index (χ3n) is 4.03. The predicted molar refractivity (Wildman–Crippen MR) is 81.4 cm³/mol. The summed E-state index contributed by atoms with van der Waals surface area (Å²) in [6, 6.07) is 5.35. The molecule has 1 aromatic carbocycles. The normalized spacial score (nSPS) is 17.2. The van der Waals surface area contributed by atoms with Crippen LogP contribution in [0.4, 0.5) is 0 Å². The number of carbonyl (C=O) groups is 2. The summed E-state index contributed by atoms with van der Waals surface area (Å²) in [7, 11) is 0. The minimum Gasteiger partial charge on any atom is -0.481 e. The fourth-order valence-corrected chi connectivity index (χ4v) is 3.57. The van der Waals surface area contributed by atoms with Crippen molar-refractivity contribution in [1.82, 2.24) is 5.32 Å². The molecule has 0 bridgehead atoms. The summed E-state index contributed by atoms with van der Waals surface area (Å²) < 4.78 is 0. The highest BCUT2D eigenvalue weighted by atomic mass is 35.5. The van der Waals surface area contributed by atoms with Gasteiger partial charge in [-0.1, -0.05) is 43.0 Å². The highest BCUT2D eigenvalue weighted by Gasteiger charge is 2.36. The number of aliphatic carboxylic acids is 1. The molecule has 1 fully saturated rings. The zero-order valence-electron chi connectivity index (χ0n) is 12.1. The number of carbonyl (C=O) groups excluding carboxylic acids is 1. The zero-order chi connectivity index (χ0) is 15.5. The summed E-state index contributed by atoms with van der Waals surface area (Å²) in [5.74, 6) is -0.948. The van der Waals surface area contributed by atoms with E-state index in [1.54, 1.807) is 12.1 Å². The monoisotopic (exact) mass is 309 g/mol. The van der Waals surface area contributed by atoms with E-state index in [2.05, 4.69) is 5.32 Å². The SMILES string of the molecule is CC(=O)NC1(c2ccc(CC(=O)O)cc2Cl)CCCCC1. The van der Waals surface area contributed by atoms with Crippen molar-refractivity contribution < 1.29 is 14.7 Å². The third kappa shape index (κ3) is 3.76. The van der Waals surface area contributed by atoms with Gasteiger partial charge in [-0.05, 0) is 30.0 Å². The van der Waals surface area contributed by atoms with Gasteiger partial charge < -0.3 is 10.4 Å². The highest BCUT2D eigenvalue weighted by Crippen LogP contribution is 2.40. The van der Waals surface area contributed by atoms with Gasteiger partial charge >= 0.3 is 5.97 Å². The van der Waals surface area contributed by atoms with Gasteiger partial charge in [0.05, 0.1) is 12.0 Å². The van der Waals surface area contributed by atoms with E-state index in [-0.39, 0.29) is 12.3 Å². The first-order valence-corrected chi connectivity index (χ1v) is 7.60. The van der Waals surface area contributed by atoms with E-state index < -0.39 is 11.5 Å². The number of carboxylic acids is 1. The molecule has 1 saturated carbocycles. The van der Waals surface area contributed by atoms with Crippen LogP contribution in [0.15, 0.2) is 18.2 Å². The van der Waals surface area contributed by atoms with Crippen LogP contribution in [0.3, 0.4) is 0 Å². The number of carboxylic acid groups (broad SMARTS) is 1. The van der Waals surface area contributed by atoms with E-state index >= 15 is 0 Å². The van der Waals surface area contributed by atoms with Gasteiger partial charge in [0.25, 0.3) is 0 Å². The van der Waals surface area contributed by atoms with Crippen LogP contribution in [0.5, 0.6) is 0 Å². The average Bonchev–Trinajstić information content (AvgIpc) is 2.38. The van der Waals surface area contributed by atoms with Gasteiger partial charge in [0.2, 0.25) is 5.91 Å². The standard InChI is InChI=1S/C16H20ClNO3/c1-11(19)18-16(7-3-2-4-8-16)13-6-5-12(9-14(13)17)10-15(20)21/h5-6,9H,2-4,7-8,10H2,1H3,(H,18,19)(H,20,21). The van der Waals surface area contributed by atoms with E-state index in [4.69, 9.17) is 16.7 Å². The number of amides is 1. The van der Waals surface area contributed by atoms with Crippen molar-refractivity contribution in [1.29, 1.82) is 0 Å². The molecular formula is C16H20ClNO3. The molecule has 1 amide bonds. The van der Waals surface area contributed by atoms with E-state index in [0.29, 0.717) is 10.6 Å². The van der Waals surface area contributed by atoms with Crippen molar-refractivity contribution in [2.24, 2.45) is 0 Å². The Kier molecular flexibility index (Phi) is 4.88. The molecule has 2 N–H and O–H groups in total. The summed E-state index contributed by atoms with van der Waals surface area (Å²) in [6.07, 6.45) is 4.94. The number of benzene rings is 1. The molecule has 0 atom stereocenters. The van der Waals surface area contributed by atoms with Gasteiger partial charge in [-0.25, -0.2) is 0 Å².